The topological polar surface area (TPSA) is 54.0 Å². The number of anilines is 1. The number of amides is 1. The molecule has 0 aliphatic carbocycles. The van der Waals surface area contributed by atoms with Gasteiger partial charge in [-0.1, -0.05) is 12.1 Å². The summed E-state index contributed by atoms with van der Waals surface area (Å²) >= 11 is 3.21. The van der Waals surface area contributed by atoms with Gasteiger partial charge < -0.3 is 10.6 Å². The molecule has 0 atom stereocenters. The summed E-state index contributed by atoms with van der Waals surface area (Å²) in [6, 6.07) is 8.33. The van der Waals surface area contributed by atoms with E-state index in [-0.39, 0.29) is 5.91 Å². The third-order valence-electron chi connectivity index (χ3n) is 4.37. The first-order valence-electron chi connectivity index (χ1n) is 8.35. The molecule has 0 bridgehead atoms. The molecule has 1 aliphatic heterocycles. The van der Waals surface area contributed by atoms with Gasteiger partial charge in [0.25, 0.3) is 0 Å². The Labute approximate surface area is 151 Å². The van der Waals surface area contributed by atoms with Crippen molar-refractivity contribution in [1.82, 2.24) is 10.3 Å². The highest BCUT2D eigenvalue weighted by Crippen LogP contribution is 2.27. The van der Waals surface area contributed by atoms with Crippen molar-refractivity contribution >= 4 is 34.1 Å². The first-order valence-corrected chi connectivity index (χ1v) is 10.5. The molecule has 3 rings (SSSR count). The summed E-state index contributed by atoms with van der Waals surface area (Å²) in [5.74, 6) is 0.756. The predicted octanol–water partition coefficient (Wildman–Crippen LogP) is 4.25. The van der Waals surface area contributed by atoms with Crippen molar-refractivity contribution in [3.63, 3.8) is 0 Å². The first kappa shape index (κ1) is 17.5. The van der Waals surface area contributed by atoms with Gasteiger partial charge in [-0.3, -0.25) is 4.79 Å². The third-order valence-corrected chi connectivity index (χ3v) is 5.88. The van der Waals surface area contributed by atoms with Crippen molar-refractivity contribution < 1.29 is 4.79 Å². The summed E-state index contributed by atoms with van der Waals surface area (Å²) in [5.41, 5.74) is 2.00. The lowest BCUT2D eigenvalue weighted by Crippen LogP contribution is -2.28. The standard InChI is InChI=1S/C18H23N3OS2/c1-23-15-5-3-14(4-6-15)16-12-24-18(20-16)21-17(22)7-2-13-8-10-19-11-9-13/h3-6,12-13,19H,2,7-11H2,1H3,(H,20,21,22). The molecule has 2 aromatic rings. The second kappa shape index (κ2) is 8.65. The molecule has 0 unspecified atom stereocenters. The fourth-order valence-corrected chi connectivity index (χ4v) is 4.06. The first-order chi connectivity index (χ1) is 11.7. The smallest absolute Gasteiger partial charge is 0.226 e. The third kappa shape index (κ3) is 4.82. The van der Waals surface area contributed by atoms with Crippen molar-refractivity contribution in [1.29, 1.82) is 0 Å². The monoisotopic (exact) mass is 361 g/mol. The highest BCUT2D eigenvalue weighted by Gasteiger charge is 2.15. The number of piperidine rings is 1. The minimum absolute atomic E-state index is 0.0761. The van der Waals surface area contributed by atoms with Crippen LogP contribution in [0.15, 0.2) is 34.5 Å². The van der Waals surface area contributed by atoms with E-state index < -0.39 is 0 Å². The van der Waals surface area contributed by atoms with Gasteiger partial charge in [-0.05, 0) is 56.7 Å². The molecule has 1 aliphatic rings. The highest BCUT2D eigenvalue weighted by atomic mass is 32.2. The molecule has 1 fully saturated rings. The van der Waals surface area contributed by atoms with E-state index in [4.69, 9.17) is 0 Å². The molecule has 0 radical (unpaired) electrons. The van der Waals surface area contributed by atoms with Crippen molar-refractivity contribution in [2.75, 3.05) is 24.7 Å². The Bertz CT molecular complexity index is 663. The molecule has 1 aromatic carbocycles. The van der Waals surface area contributed by atoms with Crippen LogP contribution in [0.2, 0.25) is 0 Å². The molecule has 1 aromatic heterocycles. The van der Waals surface area contributed by atoms with E-state index in [2.05, 4.69) is 46.1 Å². The molecule has 0 spiro atoms. The van der Waals surface area contributed by atoms with Crippen LogP contribution in [-0.2, 0) is 4.79 Å². The molecule has 2 heterocycles. The molecule has 0 saturated carbocycles. The second-order valence-electron chi connectivity index (χ2n) is 6.05. The van der Waals surface area contributed by atoms with Gasteiger partial charge in [0.2, 0.25) is 5.91 Å². The second-order valence-corrected chi connectivity index (χ2v) is 7.78. The Hall–Kier alpha value is -1.37. The summed E-state index contributed by atoms with van der Waals surface area (Å²) in [5, 5.41) is 8.99. The number of hydrogen-bond acceptors (Lipinski definition) is 5. The Balaban J connectivity index is 1.52. The maximum Gasteiger partial charge on any atom is 0.226 e. The molecule has 1 amide bonds. The van der Waals surface area contributed by atoms with E-state index in [0.29, 0.717) is 17.5 Å². The molecule has 24 heavy (non-hydrogen) atoms. The molecule has 6 heteroatoms. The number of thioether (sulfide) groups is 1. The largest absolute Gasteiger partial charge is 0.317 e. The number of carbonyl (C=O) groups excluding carboxylic acids is 1. The van der Waals surface area contributed by atoms with Gasteiger partial charge >= 0.3 is 0 Å². The van der Waals surface area contributed by atoms with Crippen molar-refractivity contribution in [3.8, 4) is 11.3 Å². The van der Waals surface area contributed by atoms with Crippen LogP contribution in [0.1, 0.15) is 25.7 Å². The lowest BCUT2D eigenvalue weighted by Gasteiger charge is -2.21. The highest BCUT2D eigenvalue weighted by molar-refractivity contribution is 7.98. The Morgan fingerprint density at radius 2 is 2.08 bits per heavy atom. The number of thiazole rings is 1. The number of carbonyl (C=O) groups is 1. The van der Waals surface area contributed by atoms with E-state index in [1.807, 2.05) is 5.38 Å². The lowest BCUT2D eigenvalue weighted by molar-refractivity contribution is -0.116. The van der Waals surface area contributed by atoms with Crippen molar-refractivity contribution in [2.24, 2.45) is 5.92 Å². The summed E-state index contributed by atoms with van der Waals surface area (Å²) in [6.45, 7) is 2.16. The van der Waals surface area contributed by atoms with Gasteiger partial charge in [0.15, 0.2) is 5.13 Å². The number of benzene rings is 1. The quantitative estimate of drug-likeness (QED) is 0.755. The maximum absolute atomic E-state index is 12.1. The zero-order valence-electron chi connectivity index (χ0n) is 13.9. The average molecular weight is 362 g/mol. The number of nitrogens with one attached hydrogen (secondary N) is 2. The molecule has 128 valence electrons. The van der Waals surface area contributed by atoms with Gasteiger partial charge in [-0.25, -0.2) is 4.98 Å². The predicted molar refractivity (Wildman–Crippen MR) is 103 cm³/mol. The zero-order valence-corrected chi connectivity index (χ0v) is 15.5. The molecule has 1 saturated heterocycles. The number of rotatable bonds is 6. The van der Waals surface area contributed by atoms with Gasteiger partial charge in [-0.2, -0.15) is 0 Å². The van der Waals surface area contributed by atoms with E-state index in [1.54, 1.807) is 11.8 Å². The number of aromatic nitrogens is 1. The fourth-order valence-electron chi connectivity index (χ4n) is 2.91. The normalized spacial score (nSPS) is 15.4. The van der Waals surface area contributed by atoms with Crippen LogP contribution >= 0.6 is 23.1 Å². The van der Waals surface area contributed by atoms with Crippen molar-refractivity contribution in [2.45, 2.75) is 30.6 Å². The van der Waals surface area contributed by atoms with Crippen LogP contribution in [-0.4, -0.2) is 30.2 Å². The Morgan fingerprint density at radius 3 is 2.79 bits per heavy atom. The number of hydrogen-bond donors (Lipinski definition) is 2. The van der Waals surface area contributed by atoms with Crippen LogP contribution in [0.4, 0.5) is 5.13 Å². The van der Waals surface area contributed by atoms with Crippen LogP contribution < -0.4 is 10.6 Å². The van der Waals surface area contributed by atoms with Gasteiger partial charge in [0.1, 0.15) is 0 Å². The Morgan fingerprint density at radius 1 is 1.33 bits per heavy atom. The number of nitrogens with zero attached hydrogens (tertiary/aromatic N) is 1. The Kier molecular flexibility index (Phi) is 6.29. The molecular formula is C18H23N3OS2. The summed E-state index contributed by atoms with van der Waals surface area (Å²) in [4.78, 5) is 17.9. The SMILES string of the molecule is CSc1ccc(-c2csc(NC(=O)CCC3CCNCC3)n2)cc1. The average Bonchev–Trinajstić information content (AvgIpc) is 3.09. The minimum atomic E-state index is 0.0761. The summed E-state index contributed by atoms with van der Waals surface area (Å²) in [7, 11) is 0. The van der Waals surface area contributed by atoms with Crippen LogP contribution in [0.5, 0.6) is 0 Å². The van der Waals surface area contributed by atoms with Gasteiger partial charge in [0.05, 0.1) is 5.69 Å². The van der Waals surface area contributed by atoms with E-state index in [1.165, 1.54) is 29.1 Å². The van der Waals surface area contributed by atoms with Crippen molar-refractivity contribution in [3.05, 3.63) is 29.6 Å². The van der Waals surface area contributed by atoms with E-state index >= 15 is 0 Å². The molecule has 4 nitrogen and oxygen atoms in total. The summed E-state index contributed by atoms with van der Waals surface area (Å²) < 4.78 is 0. The molecule has 2 N–H and O–H groups in total. The zero-order chi connectivity index (χ0) is 16.8. The maximum atomic E-state index is 12.1. The summed E-state index contributed by atoms with van der Waals surface area (Å²) in [6.07, 6.45) is 5.99. The van der Waals surface area contributed by atoms with Crippen LogP contribution in [0.3, 0.4) is 0 Å². The molecular weight excluding hydrogens is 338 g/mol. The van der Waals surface area contributed by atoms with Crippen LogP contribution in [0, 0.1) is 5.92 Å². The minimum Gasteiger partial charge on any atom is -0.317 e. The fraction of sp³-hybridized carbons (Fsp3) is 0.444. The van der Waals surface area contributed by atoms with Gasteiger partial charge in [0, 0.05) is 22.3 Å². The van der Waals surface area contributed by atoms with Crippen LogP contribution in [0.25, 0.3) is 11.3 Å². The van der Waals surface area contributed by atoms with E-state index in [9.17, 15) is 4.79 Å². The van der Waals surface area contributed by atoms with E-state index in [0.717, 1.165) is 30.8 Å². The lowest BCUT2D eigenvalue weighted by atomic mass is 9.93. The van der Waals surface area contributed by atoms with Gasteiger partial charge in [-0.15, -0.1) is 23.1 Å².